The Balaban J connectivity index is 0.00000408. The Morgan fingerprint density at radius 3 is 2.24 bits per heavy atom. The molecule has 0 fully saturated rings. The molecule has 0 radical (unpaired) electrons. The van der Waals surface area contributed by atoms with E-state index in [1.54, 1.807) is 37.2 Å². The van der Waals surface area contributed by atoms with Crippen molar-refractivity contribution in [1.29, 1.82) is 0 Å². The van der Waals surface area contributed by atoms with Gasteiger partial charge in [-0.05, 0) is 42.8 Å². The minimum atomic E-state index is -0.409. The number of hydrogen-bond acceptors (Lipinski definition) is 3. The molecule has 3 rings (SSSR count). The minimum absolute atomic E-state index is 0. The molecule has 0 bridgehead atoms. The van der Waals surface area contributed by atoms with Gasteiger partial charge in [0.1, 0.15) is 5.75 Å². The van der Waals surface area contributed by atoms with Gasteiger partial charge >= 0.3 is 0 Å². The molecular formula is C26H30FIN4O2. The number of benzene rings is 3. The maximum Gasteiger partial charge on any atom is 0.253 e. The summed E-state index contributed by atoms with van der Waals surface area (Å²) < 4.78 is 19.8. The monoisotopic (exact) mass is 576 g/mol. The van der Waals surface area contributed by atoms with Crippen molar-refractivity contribution in [2.45, 2.75) is 20.0 Å². The number of guanidine groups is 1. The Hall–Kier alpha value is -3.14. The summed E-state index contributed by atoms with van der Waals surface area (Å²) in [6.45, 7) is 3.61. The summed E-state index contributed by atoms with van der Waals surface area (Å²) in [6.07, 6.45) is 0. The molecule has 3 aromatic rings. The molecule has 0 unspecified atom stereocenters. The molecule has 0 aromatic heterocycles. The van der Waals surface area contributed by atoms with Gasteiger partial charge < -0.3 is 20.3 Å². The van der Waals surface area contributed by atoms with Gasteiger partial charge in [-0.15, -0.1) is 24.0 Å². The number of rotatable bonds is 8. The summed E-state index contributed by atoms with van der Waals surface area (Å²) >= 11 is 0. The first-order chi connectivity index (χ1) is 16.0. The van der Waals surface area contributed by atoms with Gasteiger partial charge in [0.2, 0.25) is 0 Å². The number of halogens is 2. The maximum absolute atomic E-state index is 14.0. The van der Waals surface area contributed by atoms with Gasteiger partial charge in [0.15, 0.2) is 17.5 Å². The standard InChI is InChI=1S/C26H29FN4O2.HI/c1-4-28-26(29-17-19-13-15-20(16-14-19)25(32)31(2)3)30-18-21-9-5-7-11-23(21)33-24-12-8-6-10-22(24)27;/h5-16H,4,17-18H2,1-3H3,(H2,28,29,30);1H. The van der Waals surface area contributed by atoms with Crippen LogP contribution in [0, 0.1) is 5.82 Å². The van der Waals surface area contributed by atoms with E-state index in [2.05, 4.69) is 15.6 Å². The maximum atomic E-state index is 14.0. The third-order valence-electron chi connectivity index (χ3n) is 4.85. The molecule has 6 nitrogen and oxygen atoms in total. The highest BCUT2D eigenvalue weighted by Crippen LogP contribution is 2.27. The molecule has 0 atom stereocenters. The summed E-state index contributed by atoms with van der Waals surface area (Å²) in [5.41, 5.74) is 2.51. The normalized spacial score (nSPS) is 10.8. The van der Waals surface area contributed by atoms with Gasteiger partial charge in [0.05, 0.1) is 6.54 Å². The van der Waals surface area contributed by atoms with Gasteiger partial charge in [0.25, 0.3) is 5.91 Å². The predicted molar refractivity (Wildman–Crippen MR) is 144 cm³/mol. The zero-order valence-electron chi connectivity index (χ0n) is 19.5. The van der Waals surface area contributed by atoms with Crippen LogP contribution in [0.5, 0.6) is 11.5 Å². The van der Waals surface area contributed by atoms with E-state index < -0.39 is 5.82 Å². The molecule has 0 spiro atoms. The molecule has 180 valence electrons. The molecule has 0 aliphatic heterocycles. The van der Waals surface area contributed by atoms with E-state index in [1.807, 2.05) is 55.5 Å². The van der Waals surface area contributed by atoms with E-state index in [4.69, 9.17) is 4.74 Å². The number of para-hydroxylation sites is 2. The number of aliphatic imine (C=N–C) groups is 1. The van der Waals surface area contributed by atoms with Crippen LogP contribution in [0.1, 0.15) is 28.4 Å². The zero-order chi connectivity index (χ0) is 23.6. The lowest BCUT2D eigenvalue weighted by Crippen LogP contribution is -2.36. The fourth-order valence-corrected chi connectivity index (χ4v) is 3.10. The predicted octanol–water partition coefficient (Wildman–Crippen LogP) is 5.19. The summed E-state index contributed by atoms with van der Waals surface area (Å²) in [5, 5.41) is 6.52. The van der Waals surface area contributed by atoms with E-state index in [0.717, 1.165) is 11.1 Å². The van der Waals surface area contributed by atoms with Crippen LogP contribution in [0.25, 0.3) is 0 Å². The SMILES string of the molecule is CCNC(=NCc1ccc(C(=O)N(C)C)cc1)NCc1ccccc1Oc1ccccc1F.I. The number of carbonyl (C=O) groups excluding carboxylic acids is 1. The van der Waals surface area contributed by atoms with Crippen LogP contribution in [0.2, 0.25) is 0 Å². The molecule has 0 aliphatic carbocycles. The van der Waals surface area contributed by atoms with Crippen LogP contribution in [0.3, 0.4) is 0 Å². The third kappa shape index (κ3) is 7.72. The summed E-state index contributed by atoms with van der Waals surface area (Å²) in [5.74, 6) is 0.963. The molecule has 0 heterocycles. The van der Waals surface area contributed by atoms with Crippen LogP contribution in [0.15, 0.2) is 77.8 Å². The molecule has 1 amide bonds. The number of nitrogens with one attached hydrogen (secondary N) is 2. The fraction of sp³-hybridized carbons (Fsp3) is 0.231. The molecule has 3 aromatic carbocycles. The minimum Gasteiger partial charge on any atom is -0.454 e. The first-order valence-electron chi connectivity index (χ1n) is 10.8. The largest absolute Gasteiger partial charge is 0.454 e. The summed E-state index contributed by atoms with van der Waals surface area (Å²) in [4.78, 5) is 18.2. The van der Waals surface area contributed by atoms with Gasteiger partial charge in [-0.2, -0.15) is 0 Å². The molecule has 0 saturated heterocycles. The third-order valence-corrected chi connectivity index (χ3v) is 4.85. The second-order valence-corrected chi connectivity index (χ2v) is 7.59. The molecule has 34 heavy (non-hydrogen) atoms. The zero-order valence-corrected chi connectivity index (χ0v) is 21.9. The molecule has 2 N–H and O–H groups in total. The Bertz CT molecular complexity index is 1100. The van der Waals surface area contributed by atoms with E-state index in [-0.39, 0.29) is 35.6 Å². The van der Waals surface area contributed by atoms with Crippen LogP contribution >= 0.6 is 24.0 Å². The Labute approximate surface area is 217 Å². The van der Waals surface area contributed by atoms with Crippen molar-refractivity contribution < 1.29 is 13.9 Å². The fourth-order valence-electron chi connectivity index (χ4n) is 3.10. The van der Waals surface area contributed by atoms with Crippen LogP contribution in [-0.4, -0.2) is 37.4 Å². The molecule has 8 heteroatoms. The van der Waals surface area contributed by atoms with Crippen molar-refractivity contribution in [1.82, 2.24) is 15.5 Å². The van der Waals surface area contributed by atoms with Crippen molar-refractivity contribution in [3.8, 4) is 11.5 Å². The first kappa shape index (κ1) is 27.1. The van der Waals surface area contributed by atoms with Gasteiger partial charge in [0, 0.05) is 38.3 Å². The summed E-state index contributed by atoms with van der Waals surface area (Å²) in [6, 6.07) is 21.3. The van der Waals surface area contributed by atoms with Crippen molar-refractivity contribution in [3.63, 3.8) is 0 Å². The molecule has 0 saturated carbocycles. The number of amides is 1. The number of ether oxygens (including phenoxy) is 1. The average molecular weight is 576 g/mol. The molecular weight excluding hydrogens is 546 g/mol. The van der Waals surface area contributed by atoms with Gasteiger partial charge in [-0.3, -0.25) is 4.79 Å². The first-order valence-corrected chi connectivity index (χ1v) is 10.8. The Morgan fingerprint density at radius 1 is 0.941 bits per heavy atom. The van der Waals surface area contributed by atoms with E-state index in [9.17, 15) is 9.18 Å². The van der Waals surface area contributed by atoms with Crippen molar-refractivity contribution in [2.75, 3.05) is 20.6 Å². The highest BCUT2D eigenvalue weighted by atomic mass is 127. The van der Waals surface area contributed by atoms with E-state index >= 15 is 0 Å². The topological polar surface area (TPSA) is 66.0 Å². The van der Waals surface area contributed by atoms with E-state index in [0.29, 0.717) is 36.9 Å². The lowest BCUT2D eigenvalue weighted by atomic mass is 10.1. The number of hydrogen-bond donors (Lipinski definition) is 2. The quantitative estimate of drug-likeness (QED) is 0.220. The highest BCUT2D eigenvalue weighted by molar-refractivity contribution is 14.0. The van der Waals surface area contributed by atoms with Crippen LogP contribution in [0.4, 0.5) is 4.39 Å². The Morgan fingerprint density at radius 2 is 1.59 bits per heavy atom. The lowest BCUT2D eigenvalue weighted by Gasteiger charge is -2.15. The van der Waals surface area contributed by atoms with Crippen LogP contribution in [-0.2, 0) is 13.1 Å². The van der Waals surface area contributed by atoms with Crippen molar-refractivity contribution in [2.24, 2.45) is 4.99 Å². The van der Waals surface area contributed by atoms with Crippen molar-refractivity contribution in [3.05, 3.63) is 95.3 Å². The second-order valence-electron chi connectivity index (χ2n) is 7.59. The lowest BCUT2D eigenvalue weighted by molar-refractivity contribution is 0.0827. The number of carbonyl (C=O) groups is 1. The molecule has 0 aliphatic rings. The second kappa shape index (κ2) is 13.5. The van der Waals surface area contributed by atoms with Gasteiger partial charge in [-0.25, -0.2) is 9.38 Å². The number of nitrogens with zero attached hydrogens (tertiary/aromatic N) is 2. The Kier molecular flexibility index (Phi) is 10.8. The highest BCUT2D eigenvalue weighted by Gasteiger charge is 2.09. The van der Waals surface area contributed by atoms with E-state index in [1.165, 1.54) is 6.07 Å². The van der Waals surface area contributed by atoms with Crippen LogP contribution < -0.4 is 15.4 Å². The smallest absolute Gasteiger partial charge is 0.253 e. The van der Waals surface area contributed by atoms with Gasteiger partial charge in [-0.1, -0.05) is 42.5 Å². The summed E-state index contributed by atoms with van der Waals surface area (Å²) in [7, 11) is 3.46. The average Bonchev–Trinajstić information content (AvgIpc) is 2.83. The van der Waals surface area contributed by atoms with Crippen molar-refractivity contribution >= 4 is 35.8 Å².